The lowest BCUT2D eigenvalue weighted by atomic mass is 10.1. The van der Waals surface area contributed by atoms with Gasteiger partial charge >= 0.3 is 6.09 Å². The molecule has 10 heteroatoms. The Kier molecular flexibility index (Phi) is 6.43. The van der Waals surface area contributed by atoms with Crippen LogP contribution in [0.5, 0.6) is 5.75 Å². The van der Waals surface area contributed by atoms with Crippen molar-refractivity contribution < 1.29 is 23.7 Å². The molecule has 4 unspecified atom stereocenters. The highest BCUT2D eigenvalue weighted by molar-refractivity contribution is 5.84. The maximum Gasteiger partial charge on any atom is 0.412 e. The predicted molar refractivity (Wildman–Crippen MR) is 126 cm³/mol. The van der Waals surface area contributed by atoms with E-state index in [1.807, 2.05) is 12.1 Å². The van der Waals surface area contributed by atoms with Gasteiger partial charge in [0.1, 0.15) is 18.0 Å². The molecule has 2 saturated heterocycles. The van der Waals surface area contributed by atoms with E-state index in [0.717, 1.165) is 5.56 Å². The number of hydrogen-bond acceptors (Lipinski definition) is 9. The number of anilines is 2. The van der Waals surface area contributed by atoms with Crippen LogP contribution in [0.25, 0.3) is 11.3 Å². The van der Waals surface area contributed by atoms with Crippen molar-refractivity contribution in [2.24, 2.45) is 0 Å². The van der Waals surface area contributed by atoms with E-state index in [4.69, 9.17) is 24.2 Å². The summed E-state index contributed by atoms with van der Waals surface area (Å²) in [5.74, 6) is 1.11. The Morgan fingerprint density at radius 2 is 1.94 bits per heavy atom. The van der Waals surface area contributed by atoms with Crippen LogP contribution in [0.3, 0.4) is 0 Å². The molecule has 0 bridgehead atoms. The smallest absolute Gasteiger partial charge is 0.412 e. The van der Waals surface area contributed by atoms with Crippen LogP contribution < -0.4 is 15.4 Å². The van der Waals surface area contributed by atoms with E-state index in [2.05, 4.69) is 26.7 Å². The highest BCUT2D eigenvalue weighted by Crippen LogP contribution is 2.31. The van der Waals surface area contributed by atoms with E-state index in [-0.39, 0.29) is 18.8 Å². The fraction of sp³-hybridized carbons (Fsp3) is 0.280. The Hall–Kier alpha value is -4.20. The molecule has 4 atom stereocenters. The number of carbonyl (C=O) groups is 1. The summed E-state index contributed by atoms with van der Waals surface area (Å²) < 4.78 is 22.5. The van der Waals surface area contributed by atoms with Crippen LogP contribution in [0.4, 0.5) is 16.4 Å². The van der Waals surface area contributed by atoms with E-state index in [0.29, 0.717) is 35.2 Å². The quantitative estimate of drug-likeness (QED) is 0.555. The first-order chi connectivity index (χ1) is 17.1. The van der Waals surface area contributed by atoms with Gasteiger partial charge in [-0.05, 0) is 42.5 Å². The summed E-state index contributed by atoms with van der Waals surface area (Å²) in [5.41, 5.74) is 2.67. The SMILES string of the molecule is COc1ccc(NC(=O)OC2COC3C(Nc4nccc(-c5cccc(C#N)c5)n4)COC23)cc1. The van der Waals surface area contributed by atoms with Gasteiger partial charge < -0.3 is 24.3 Å². The normalized spacial score (nSPS) is 22.6. The van der Waals surface area contributed by atoms with Crippen molar-refractivity contribution in [1.82, 2.24) is 9.97 Å². The van der Waals surface area contributed by atoms with E-state index < -0.39 is 18.3 Å². The zero-order chi connectivity index (χ0) is 24.2. The molecule has 0 spiro atoms. The number of rotatable bonds is 6. The predicted octanol–water partition coefficient (Wildman–Crippen LogP) is 3.22. The minimum Gasteiger partial charge on any atom is -0.497 e. The summed E-state index contributed by atoms with van der Waals surface area (Å²) >= 11 is 0. The molecule has 1 amide bonds. The first-order valence-electron chi connectivity index (χ1n) is 11.1. The molecule has 178 valence electrons. The number of benzene rings is 2. The minimum atomic E-state index is -0.583. The summed E-state index contributed by atoms with van der Waals surface area (Å²) in [5, 5.41) is 15.1. The molecule has 2 aromatic carbocycles. The minimum absolute atomic E-state index is 0.209. The van der Waals surface area contributed by atoms with Crippen molar-refractivity contribution in [3.63, 3.8) is 0 Å². The molecule has 0 radical (unpaired) electrons. The van der Waals surface area contributed by atoms with Crippen molar-refractivity contribution in [3.8, 4) is 23.1 Å². The van der Waals surface area contributed by atoms with Crippen LogP contribution in [0, 0.1) is 11.3 Å². The first kappa shape index (κ1) is 22.6. The molecule has 3 aromatic rings. The molecule has 2 aliphatic heterocycles. The van der Waals surface area contributed by atoms with Gasteiger partial charge in [0.25, 0.3) is 0 Å². The Balaban J connectivity index is 1.19. The molecule has 1 aromatic heterocycles. The Morgan fingerprint density at radius 3 is 2.74 bits per heavy atom. The first-order valence-corrected chi connectivity index (χ1v) is 11.1. The molecule has 0 aliphatic carbocycles. The van der Waals surface area contributed by atoms with Gasteiger partial charge in [-0.1, -0.05) is 12.1 Å². The summed E-state index contributed by atoms with van der Waals surface area (Å²) in [7, 11) is 1.58. The largest absolute Gasteiger partial charge is 0.497 e. The van der Waals surface area contributed by atoms with Gasteiger partial charge in [0, 0.05) is 17.4 Å². The van der Waals surface area contributed by atoms with Crippen LogP contribution in [0.1, 0.15) is 5.56 Å². The number of nitrogens with zero attached hydrogens (tertiary/aromatic N) is 3. The zero-order valence-electron chi connectivity index (χ0n) is 18.9. The summed E-state index contributed by atoms with van der Waals surface area (Å²) in [6, 6.07) is 17.9. The number of fused-ring (bicyclic) bond motifs is 1. The Labute approximate surface area is 201 Å². The van der Waals surface area contributed by atoms with Gasteiger partial charge in [0.05, 0.1) is 43.7 Å². The lowest BCUT2D eigenvalue weighted by Gasteiger charge is -2.18. The number of aromatic nitrogens is 2. The zero-order valence-corrected chi connectivity index (χ0v) is 18.9. The molecular weight excluding hydrogens is 450 g/mol. The van der Waals surface area contributed by atoms with Gasteiger partial charge in [-0.3, -0.25) is 5.32 Å². The van der Waals surface area contributed by atoms with Gasteiger partial charge in [-0.2, -0.15) is 5.26 Å². The third-order valence-corrected chi connectivity index (χ3v) is 5.86. The van der Waals surface area contributed by atoms with E-state index in [1.165, 1.54) is 0 Å². The number of hydrogen-bond donors (Lipinski definition) is 2. The molecule has 0 saturated carbocycles. The number of nitriles is 1. The monoisotopic (exact) mass is 473 g/mol. The van der Waals surface area contributed by atoms with Crippen molar-refractivity contribution in [2.75, 3.05) is 31.0 Å². The maximum atomic E-state index is 12.4. The van der Waals surface area contributed by atoms with Crippen LogP contribution in [-0.2, 0) is 14.2 Å². The average molecular weight is 473 g/mol. The standard InChI is InChI=1S/C25H23N5O5/c1-32-18-7-5-17(6-8-18)28-25(31)35-21-14-34-22-20(13-33-23(21)22)30-24-27-10-9-19(29-24)16-4-2-3-15(11-16)12-26/h2-11,20-23H,13-14H2,1H3,(H,28,31)(H,27,29,30). The molecule has 10 nitrogen and oxygen atoms in total. The van der Waals surface area contributed by atoms with E-state index in [1.54, 1.807) is 55.8 Å². The van der Waals surface area contributed by atoms with Gasteiger partial charge in [0.15, 0.2) is 6.10 Å². The van der Waals surface area contributed by atoms with Crippen molar-refractivity contribution in [3.05, 3.63) is 66.4 Å². The van der Waals surface area contributed by atoms with Gasteiger partial charge in [0.2, 0.25) is 5.95 Å². The van der Waals surface area contributed by atoms with Crippen LogP contribution in [0.15, 0.2) is 60.8 Å². The summed E-state index contributed by atoms with van der Waals surface area (Å²) in [6.45, 7) is 0.582. The lowest BCUT2D eigenvalue weighted by molar-refractivity contribution is 0.00917. The lowest BCUT2D eigenvalue weighted by Crippen LogP contribution is -2.38. The summed E-state index contributed by atoms with van der Waals surface area (Å²) in [6.07, 6.45) is -0.180. The number of nitrogens with one attached hydrogen (secondary N) is 2. The molecule has 2 N–H and O–H groups in total. The van der Waals surface area contributed by atoms with Crippen LogP contribution in [-0.4, -0.2) is 60.7 Å². The number of amides is 1. The van der Waals surface area contributed by atoms with Crippen molar-refractivity contribution >= 4 is 17.7 Å². The van der Waals surface area contributed by atoms with Gasteiger partial charge in [-0.25, -0.2) is 14.8 Å². The molecule has 2 aliphatic rings. The Morgan fingerprint density at radius 1 is 1.11 bits per heavy atom. The fourth-order valence-electron chi connectivity index (χ4n) is 4.15. The number of methoxy groups -OCH3 is 1. The second kappa shape index (κ2) is 9.97. The van der Waals surface area contributed by atoms with Crippen molar-refractivity contribution in [1.29, 1.82) is 5.26 Å². The molecule has 35 heavy (non-hydrogen) atoms. The molecule has 2 fully saturated rings. The van der Waals surface area contributed by atoms with E-state index in [9.17, 15) is 4.79 Å². The highest BCUT2D eigenvalue weighted by Gasteiger charge is 2.49. The molecular formula is C25H23N5O5. The molecule has 5 rings (SSSR count). The third-order valence-electron chi connectivity index (χ3n) is 5.86. The van der Waals surface area contributed by atoms with Crippen LogP contribution >= 0.6 is 0 Å². The maximum absolute atomic E-state index is 12.4. The van der Waals surface area contributed by atoms with Crippen molar-refractivity contribution in [2.45, 2.75) is 24.4 Å². The molecule has 3 heterocycles. The second-order valence-corrected chi connectivity index (χ2v) is 8.10. The van der Waals surface area contributed by atoms with E-state index >= 15 is 0 Å². The average Bonchev–Trinajstić information content (AvgIpc) is 3.48. The summed E-state index contributed by atoms with van der Waals surface area (Å²) in [4.78, 5) is 21.3. The van der Waals surface area contributed by atoms with Crippen LogP contribution in [0.2, 0.25) is 0 Å². The third kappa shape index (κ3) is 5.01. The fourth-order valence-corrected chi connectivity index (χ4v) is 4.15. The Bertz CT molecular complexity index is 1250. The highest BCUT2D eigenvalue weighted by atomic mass is 16.6. The topological polar surface area (TPSA) is 128 Å². The number of ether oxygens (including phenoxy) is 4. The number of carbonyl (C=O) groups excluding carboxylic acids is 1. The van der Waals surface area contributed by atoms with Gasteiger partial charge in [-0.15, -0.1) is 0 Å². The second-order valence-electron chi connectivity index (χ2n) is 8.10.